The Morgan fingerprint density at radius 3 is 2.46 bits per heavy atom. The highest BCUT2D eigenvalue weighted by atomic mass is 13.9. The molecule has 0 nitrogen and oxygen atoms in total. The monoisotopic (exact) mass is 180 g/mol. The van der Waals surface area contributed by atoms with E-state index >= 15 is 0 Å². The summed E-state index contributed by atoms with van der Waals surface area (Å²) in [6.07, 6.45) is 14.4. The van der Waals surface area contributed by atoms with Crippen molar-refractivity contribution >= 4 is 0 Å². The molecule has 0 N–H and O–H groups in total. The highest BCUT2D eigenvalue weighted by Crippen LogP contribution is 2.08. The first kappa shape index (κ1) is 12.5. The summed E-state index contributed by atoms with van der Waals surface area (Å²) in [6.45, 7) is 6.67. The minimum atomic E-state index is 1.12. The van der Waals surface area contributed by atoms with Crippen LogP contribution in [0, 0.1) is 0 Å². The number of allylic oxidation sites excluding steroid dienone is 4. The third kappa shape index (κ3) is 9.39. The van der Waals surface area contributed by atoms with E-state index in [2.05, 4.69) is 39.0 Å². The summed E-state index contributed by atoms with van der Waals surface area (Å²) in [5.41, 5.74) is 1.55. The van der Waals surface area contributed by atoms with Gasteiger partial charge in [-0.3, -0.25) is 0 Å². The Labute approximate surface area is 83.7 Å². The fourth-order valence-corrected chi connectivity index (χ4v) is 1.29. The lowest BCUT2D eigenvalue weighted by Gasteiger charge is -1.98. The zero-order valence-corrected chi connectivity index (χ0v) is 9.47. The summed E-state index contributed by atoms with van der Waals surface area (Å²) >= 11 is 0. The van der Waals surface area contributed by atoms with Gasteiger partial charge in [0.25, 0.3) is 0 Å². The molecule has 0 saturated carbocycles. The maximum atomic E-state index is 2.35. The lowest BCUT2D eigenvalue weighted by atomic mass is 10.1. The fraction of sp³-hybridized carbons (Fsp3) is 0.692. The topological polar surface area (TPSA) is 0 Å². The van der Waals surface area contributed by atoms with Crippen LogP contribution in [0.25, 0.3) is 0 Å². The van der Waals surface area contributed by atoms with Crippen LogP contribution in [0.5, 0.6) is 0 Å². The van der Waals surface area contributed by atoms with Crippen molar-refractivity contribution < 1.29 is 0 Å². The summed E-state index contributed by atoms with van der Waals surface area (Å²) in [5, 5.41) is 0. The second-order valence-corrected chi connectivity index (χ2v) is 3.62. The molecule has 0 aromatic rings. The first-order valence-corrected chi connectivity index (χ1v) is 5.61. The quantitative estimate of drug-likeness (QED) is 0.387. The largest absolute Gasteiger partial charge is 0.0885 e. The smallest absolute Gasteiger partial charge is 0.0167 e. The Morgan fingerprint density at radius 1 is 1.08 bits per heavy atom. The Hall–Kier alpha value is -0.520. The van der Waals surface area contributed by atoms with Crippen LogP contribution < -0.4 is 0 Å². The van der Waals surface area contributed by atoms with Crippen molar-refractivity contribution in [2.45, 2.75) is 59.3 Å². The van der Waals surface area contributed by atoms with Crippen LogP contribution in [0.2, 0.25) is 0 Å². The number of rotatable bonds is 7. The van der Waals surface area contributed by atoms with Crippen molar-refractivity contribution in [1.29, 1.82) is 0 Å². The third-order valence-electron chi connectivity index (χ3n) is 2.18. The molecule has 0 fully saturated rings. The van der Waals surface area contributed by atoms with Crippen molar-refractivity contribution in [2.24, 2.45) is 0 Å². The second kappa shape index (κ2) is 9.57. The van der Waals surface area contributed by atoms with Crippen molar-refractivity contribution in [3.63, 3.8) is 0 Å². The van der Waals surface area contributed by atoms with Crippen molar-refractivity contribution in [3.05, 3.63) is 23.8 Å². The molecule has 0 unspecified atom stereocenters. The second-order valence-electron chi connectivity index (χ2n) is 3.62. The number of hydrogen-bond acceptors (Lipinski definition) is 0. The highest BCUT2D eigenvalue weighted by molar-refractivity contribution is 5.01. The van der Waals surface area contributed by atoms with Gasteiger partial charge >= 0.3 is 0 Å². The molecule has 0 aliphatic carbocycles. The van der Waals surface area contributed by atoms with E-state index in [-0.39, 0.29) is 0 Å². The van der Waals surface area contributed by atoms with Gasteiger partial charge in [0.15, 0.2) is 0 Å². The van der Waals surface area contributed by atoms with Gasteiger partial charge in [-0.15, -0.1) is 0 Å². The van der Waals surface area contributed by atoms with Crippen molar-refractivity contribution in [3.8, 4) is 0 Å². The van der Waals surface area contributed by atoms with Crippen LogP contribution in [0.15, 0.2) is 23.8 Å². The molecule has 0 aromatic carbocycles. The molecule has 0 aromatic heterocycles. The van der Waals surface area contributed by atoms with Crippen LogP contribution in [0.4, 0.5) is 0 Å². The Morgan fingerprint density at radius 2 is 1.85 bits per heavy atom. The molecule has 0 amide bonds. The molecule has 76 valence electrons. The standard InChI is InChI=1S/C13H24/c1-4-6-8-10-12-13(3)11-9-7-5-2/h6,8,12H,4-5,7,9-11H2,1-3H3. The SMILES string of the molecule is CCC=CCC=C(C)CCCCC. The Kier molecular flexibility index (Phi) is 9.18. The van der Waals surface area contributed by atoms with E-state index < -0.39 is 0 Å². The maximum Gasteiger partial charge on any atom is -0.0167 e. The summed E-state index contributed by atoms with van der Waals surface area (Å²) in [4.78, 5) is 0. The molecule has 0 aliphatic rings. The minimum Gasteiger partial charge on any atom is -0.0885 e. The van der Waals surface area contributed by atoms with Gasteiger partial charge in [0.1, 0.15) is 0 Å². The van der Waals surface area contributed by atoms with Gasteiger partial charge in [0.2, 0.25) is 0 Å². The van der Waals surface area contributed by atoms with Crippen molar-refractivity contribution in [2.75, 3.05) is 0 Å². The molecule has 0 atom stereocenters. The minimum absolute atomic E-state index is 1.12. The molecule has 0 spiro atoms. The Bertz CT molecular complexity index is 151. The number of unbranched alkanes of at least 4 members (excludes halogenated alkanes) is 2. The lowest BCUT2D eigenvalue weighted by molar-refractivity contribution is 0.712. The number of hydrogen-bond donors (Lipinski definition) is 0. The van der Waals surface area contributed by atoms with Gasteiger partial charge in [0.05, 0.1) is 0 Å². The average Bonchev–Trinajstić information content (AvgIpc) is 2.13. The molecule has 13 heavy (non-hydrogen) atoms. The Balaban J connectivity index is 3.45. The highest BCUT2D eigenvalue weighted by Gasteiger charge is 1.88. The maximum absolute atomic E-state index is 2.35. The van der Waals surface area contributed by atoms with Gasteiger partial charge in [-0.05, 0) is 32.6 Å². The van der Waals surface area contributed by atoms with E-state index in [0.29, 0.717) is 0 Å². The van der Waals surface area contributed by atoms with Gasteiger partial charge in [-0.25, -0.2) is 0 Å². The molecular formula is C13H24. The summed E-state index contributed by atoms with van der Waals surface area (Å²) in [6, 6.07) is 0. The first-order valence-electron chi connectivity index (χ1n) is 5.61. The van der Waals surface area contributed by atoms with Crippen molar-refractivity contribution in [1.82, 2.24) is 0 Å². The van der Waals surface area contributed by atoms with E-state index in [1.54, 1.807) is 5.57 Å². The van der Waals surface area contributed by atoms with E-state index in [4.69, 9.17) is 0 Å². The molecule has 0 bridgehead atoms. The fourth-order valence-electron chi connectivity index (χ4n) is 1.29. The van der Waals surface area contributed by atoms with Gasteiger partial charge < -0.3 is 0 Å². The van der Waals surface area contributed by atoms with Crippen LogP contribution in [-0.2, 0) is 0 Å². The third-order valence-corrected chi connectivity index (χ3v) is 2.18. The zero-order valence-electron chi connectivity index (χ0n) is 9.47. The normalized spacial score (nSPS) is 12.7. The van der Waals surface area contributed by atoms with E-state index in [1.807, 2.05) is 0 Å². The molecular weight excluding hydrogens is 156 g/mol. The van der Waals surface area contributed by atoms with Gasteiger partial charge in [0, 0.05) is 0 Å². The summed E-state index contributed by atoms with van der Waals surface area (Å²) < 4.78 is 0. The predicted octanol–water partition coefficient (Wildman–Crippen LogP) is 4.87. The van der Waals surface area contributed by atoms with Crippen LogP contribution in [-0.4, -0.2) is 0 Å². The van der Waals surface area contributed by atoms with Crippen LogP contribution in [0.3, 0.4) is 0 Å². The average molecular weight is 180 g/mol. The molecule has 0 heterocycles. The van der Waals surface area contributed by atoms with E-state index in [9.17, 15) is 0 Å². The predicted molar refractivity (Wildman–Crippen MR) is 61.9 cm³/mol. The first-order chi connectivity index (χ1) is 6.31. The van der Waals surface area contributed by atoms with Crippen LogP contribution in [0.1, 0.15) is 59.3 Å². The zero-order chi connectivity index (χ0) is 9.94. The molecule has 0 heteroatoms. The summed E-state index contributed by atoms with van der Waals surface area (Å²) in [7, 11) is 0. The van der Waals surface area contributed by atoms with E-state index in [1.165, 1.54) is 25.7 Å². The molecule has 0 aliphatic heterocycles. The molecule has 0 radical (unpaired) electrons. The summed E-state index contributed by atoms with van der Waals surface area (Å²) in [5.74, 6) is 0. The van der Waals surface area contributed by atoms with Crippen LogP contribution >= 0.6 is 0 Å². The molecule has 0 saturated heterocycles. The van der Waals surface area contributed by atoms with Gasteiger partial charge in [-0.1, -0.05) is 50.5 Å². The lowest BCUT2D eigenvalue weighted by Crippen LogP contribution is -1.78. The molecule has 0 rings (SSSR count). The van der Waals surface area contributed by atoms with E-state index in [0.717, 1.165) is 12.8 Å². The van der Waals surface area contributed by atoms with Gasteiger partial charge in [-0.2, -0.15) is 0 Å².